The molecule has 0 aromatic carbocycles. The van der Waals surface area contributed by atoms with Gasteiger partial charge in [-0.3, -0.25) is 0 Å². The Hall–Kier alpha value is 0.220. The van der Waals surface area contributed by atoms with Gasteiger partial charge in [0.05, 0.1) is 0 Å². The van der Waals surface area contributed by atoms with Gasteiger partial charge in [-0.1, -0.05) is 47.7 Å². The van der Waals surface area contributed by atoms with Crippen LogP contribution in [0.4, 0.5) is 0 Å². The number of hydrogen-bond acceptors (Lipinski definition) is 0. The molecule has 0 nitrogen and oxygen atoms in total. The van der Waals surface area contributed by atoms with Gasteiger partial charge < -0.3 is 0 Å². The summed E-state index contributed by atoms with van der Waals surface area (Å²) in [6.07, 6.45) is 8.19. The van der Waals surface area contributed by atoms with Crippen molar-refractivity contribution < 1.29 is 0 Å². The summed E-state index contributed by atoms with van der Waals surface area (Å²) in [5.74, 6) is 0. The highest BCUT2D eigenvalue weighted by atomic mass is 79.9. The van der Waals surface area contributed by atoms with Crippen molar-refractivity contribution >= 4 is 15.9 Å². The molecule has 0 radical (unpaired) electrons. The largest absolute Gasteiger partial charge is 0.0654 e. The smallest absolute Gasteiger partial charge is 0.00101 e. The van der Waals surface area contributed by atoms with Crippen LogP contribution in [0.3, 0.4) is 0 Å². The molecule has 0 N–H and O–H groups in total. The predicted octanol–water partition coefficient (Wildman–Crippen LogP) is 4.01. The monoisotopic (exact) mass is 202 g/mol. The SMILES string of the molecule is CCCCCCC1=C(Br)C1. The van der Waals surface area contributed by atoms with Gasteiger partial charge in [-0.05, 0) is 17.3 Å². The van der Waals surface area contributed by atoms with E-state index in [0.717, 1.165) is 0 Å². The molecule has 58 valence electrons. The van der Waals surface area contributed by atoms with Gasteiger partial charge in [-0.25, -0.2) is 0 Å². The van der Waals surface area contributed by atoms with Crippen molar-refractivity contribution in [3.05, 3.63) is 10.1 Å². The fraction of sp³-hybridized carbons (Fsp3) is 0.778. The van der Waals surface area contributed by atoms with Crippen LogP contribution in [0.1, 0.15) is 45.4 Å². The molecule has 0 unspecified atom stereocenters. The maximum absolute atomic E-state index is 3.50. The second-order valence-electron chi connectivity index (χ2n) is 3.00. The van der Waals surface area contributed by atoms with Crippen LogP contribution in [-0.4, -0.2) is 0 Å². The molecule has 0 aromatic rings. The van der Waals surface area contributed by atoms with Gasteiger partial charge in [0.1, 0.15) is 0 Å². The van der Waals surface area contributed by atoms with Crippen LogP contribution >= 0.6 is 15.9 Å². The van der Waals surface area contributed by atoms with Crippen molar-refractivity contribution in [3.63, 3.8) is 0 Å². The molecule has 0 bridgehead atoms. The van der Waals surface area contributed by atoms with Crippen LogP contribution < -0.4 is 0 Å². The highest BCUT2D eigenvalue weighted by Crippen LogP contribution is 2.39. The summed E-state index contributed by atoms with van der Waals surface area (Å²) in [5, 5.41) is 0. The third kappa shape index (κ3) is 2.87. The standard InChI is InChI=1S/C9H15Br/c1-2-3-4-5-6-8-7-9(8)10/h2-7H2,1H3. The Balaban J connectivity index is 1.87. The number of allylic oxidation sites excluding steroid dienone is 2. The molecule has 1 aliphatic carbocycles. The van der Waals surface area contributed by atoms with Gasteiger partial charge in [-0.15, -0.1) is 0 Å². The minimum Gasteiger partial charge on any atom is -0.0654 e. The van der Waals surface area contributed by atoms with E-state index in [9.17, 15) is 0 Å². The van der Waals surface area contributed by atoms with Crippen molar-refractivity contribution in [3.8, 4) is 0 Å². The summed E-state index contributed by atoms with van der Waals surface area (Å²) in [6.45, 7) is 2.26. The number of halogens is 1. The van der Waals surface area contributed by atoms with E-state index in [2.05, 4.69) is 22.9 Å². The van der Waals surface area contributed by atoms with Crippen LogP contribution in [-0.2, 0) is 0 Å². The fourth-order valence-corrected chi connectivity index (χ4v) is 1.67. The van der Waals surface area contributed by atoms with Gasteiger partial charge in [0.25, 0.3) is 0 Å². The zero-order valence-electron chi connectivity index (χ0n) is 6.62. The predicted molar refractivity (Wildman–Crippen MR) is 49.3 cm³/mol. The molecule has 0 heterocycles. The molecule has 0 saturated carbocycles. The molecule has 0 aromatic heterocycles. The van der Waals surface area contributed by atoms with Gasteiger partial charge in [-0.2, -0.15) is 0 Å². The van der Waals surface area contributed by atoms with E-state index >= 15 is 0 Å². The molecule has 0 saturated heterocycles. The molecular formula is C9H15Br. The molecule has 10 heavy (non-hydrogen) atoms. The Kier molecular flexibility index (Phi) is 3.47. The van der Waals surface area contributed by atoms with Crippen molar-refractivity contribution in [1.29, 1.82) is 0 Å². The number of unbranched alkanes of at least 4 members (excludes halogenated alkanes) is 3. The Morgan fingerprint density at radius 1 is 1.30 bits per heavy atom. The van der Waals surface area contributed by atoms with Crippen molar-refractivity contribution in [2.75, 3.05) is 0 Å². The summed E-state index contributed by atoms with van der Waals surface area (Å²) in [6, 6.07) is 0. The van der Waals surface area contributed by atoms with Crippen LogP contribution in [0.5, 0.6) is 0 Å². The van der Waals surface area contributed by atoms with E-state index in [0.29, 0.717) is 0 Å². The van der Waals surface area contributed by atoms with E-state index in [4.69, 9.17) is 0 Å². The minimum absolute atomic E-state index is 1.27. The van der Waals surface area contributed by atoms with Crippen LogP contribution in [0, 0.1) is 0 Å². The highest BCUT2D eigenvalue weighted by molar-refractivity contribution is 9.12. The maximum atomic E-state index is 3.50. The highest BCUT2D eigenvalue weighted by Gasteiger charge is 2.16. The third-order valence-electron chi connectivity index (χ3n) is 1.96. The van der Waals surface area contributed by atoms with E-state index in [1.165, 1.54) is 43.0 Å². The summed E-state index contributed by atoms with van der Waals surface area (Å²) >= 11 is 3.50. The minimum atomic E-state index is 1.27. The van der Waals surface area contributed by atoms with Crippen LogP contribution in [0.2, 0.25) is 0 Å². The Morgan fingerprint density at radius 2 is 2.00 bits per heavy atom. The molecule has 0 spiro atoms. The van der Waals surface area contributed by atoms with Gasteiger partial charge in [0.2, 0.25) is 0 Å². The topological polar surface area (TPSA) is 0 Å². The molecule has 1 rings (SSSR count). The molecule has 0 aliphatic heterocycles. The first-order chi connectivity index (χ1) is 4.84. The number of hydrogen-bond donors (Lipinski definition) is 0. The van der Waals surface area contributed by atoms with Crippen molar-refractivity contribution in [2.45, 2.75) is 45.4 Å². The first-order valence-electron chi connectivity index (χ1n) is 4.21. The Labute approximate surface area is 71.8 Å². The van der Waals surface area contributed by atoms with Gasteiger partial charge in [0.15, 0.2) is 0 Å². The van der Waals surface area contributed by atoms with Crippen molar-refractivity contribution in [1.82, 2.24) is 0 Å². The van der Waals surface area contributed by atoms with Crippen molar-refractivity contribution in [2.24, 2.45) is 0 Å². The second kappa shape index (κ2) is 4.17. The fourth-order valence-electron chi connectivity index (χ4n) is 1.13. The summed E-state index contributed by atoms with van der Waals surface area (Å²) in [5.41, 5.74) is 1.66. The average molecular weight is 203 g/mol. The Morgan fingerprint density at radius 3 is 2.50 bits per heavy atom. The lowest BCUT2D eigenvalue weighted by Crippen LogP contribution is -1.74. The maximum Gasteiger partial charge on any atom is 0.00101 e. The Bertz CT molecular complexity index is 136. The molecule has 0 atom stereocenters. The van der Waals surface area contributed by atoms with E-state index in [1.807, 2.05) is 0 Å². The normalized spacial score (nSPS) is 16.2. The number of rotatable bonds is 5. The third-order valence-corrected chi connectivity index (χ3v) is 2.80. The summed E-state index contributed by atoms with van der Waals surface area (Å²) in [4.78, 5) is 0. The molecule has 0 amide bonds. The average Bonchev–Trinajstić information content (AvgIpc) is 2.60. The zero-order chi connectivity index (χ0) is 7.40. The molecule has 1 aliphatic rings. The van der Waals surface area contributed by atoms with E-state index in [-0.39, 0.29) is 0 Å². The first kappa shape index (κ1) is 8.32. The van der Waals surface area contributed by atoms with Crippen LogP contribution in [0.25, 0.3) is 0 Å². The summed E-state index contributed by atoms with van der Waals surface area (Å²) < 4.78 is 1.48. The quantitative estimate of drug-likeness (QED) is 0.592. The van der Waals surface area contributed by atoms with Gasteiger partial charge in [0, 0.05) is 6.42 Å². The first-order valence-corrected chi connectivity index (χ1v) is 5.00. The molecule has 1 heteroatoms. The van der Waals surface area contributed by atoms with E-state index in [1.54, 1.807) is 5.57 Å². The molecule has 0 fully saturated rings. The van der Waals surface area contributed by atoms with Gasteiger partial charge >= 0.3 is 0 Å². The molecular weight excluding hydrogens is 188 g/mol. The lowest BCUT2D eigenvalue weighted by Gasteiger charge is -1.93. The summed E-state index contributed by atoms with van der Waals surface area (Å²) in [7, 11) is 0. The lowest BCUT2D eigenvalue weighted by atomic mass is 10.1. The van der Waals surface area contributed by atoms with Crippen LogP contribution in [0.15, 0.2) is 10.1 Å². The lowest BCUT2D eigenvalue weighted by molar-refractivity contribution is 0.668. The zero-order valence-corrected chi connectivity index (χ0v) is 8.21. The van der Waals surface area contributed by atoms with E-state index < -0.39 is 0 Å². The second-order valence-corrected chi connectivity index (χ2v) is 3.95.